The summed E-state index contributed by atoms with van der Waals surface area (Å²) >= 11 is 5.96. The summed E-state index contributed by atoms with van der Waals surface area (Å²) < 4.78 is 20.8. The van der Waals surface area contributed by atoms with Gasteiger partial charge in [0.2, 0.25) is 11.8 Å². The first-order valence-electron chi connectivity index (χ1n) is 11.5. The van der Waals surface area contributed by atoms with Crippen molar-refractivity contribution in [2.75, 3.05) is 19.7 Å². The Balaban J connectivity index is 1.58. The number of rotatable bonds is 7. The van der Waals surface area contributed by atoms with Crippen molar-refractivity contribution in [1.82, 2.24) is 4.90 Å². The van der Waals surface area contributed by atoms with Gasteiger partial charge in [0.05, 0.1) is 12.0 Å². The molecule has 1 saturated carbocycles. The number of hydrogen-bond donors (Lipinski definition) is 1. The number of carbonyl (C=O) groups is 2. The molecule has 1 heterocycles. The Kier molecular flexibility index (Phi) is 6.94. The van der Waals surface area contributed by atoms with Crippen molar-refractivity contribution >= 4 is 23.4 Å². The number of amides is 2. The Morgan fingerprint density at radius 1 is 1.03 bits per heavy atom. The number of nitrogens with zero attached hydrogens (tertiary/aromatic N) is 1. The molecule has 2 aromatic rings. The van der Waals surface area contributed by atoms with Crippen LogP contribution in [0.5, 0.6) is 5.75 Å². The highest BCUT2D eigenvalue weighted by atomic mass is 35.5. The summed E-state index contributed by atoms with van der Waals surface area (Å²) in [7, 11) is 0. The Hall–Kier alpha value is -2.60. The van der Waals surface area contributed by atoms with Crippen molar-refractivity contribution in [3.05, 3.63) is 64.9 Å². The molecule has 5 nitrogen and oxygen atoms in total. The van der Waals surface area contributed by atoms with E-state index in [9.17, 15) is 14.0 Å². The highest BCUT2D eigenvalue weighted by molar-refractivity contribution is 6.30. The number of carbonyl (C=O) groups excluding carboxylic acids is 2. The number of primary amides is 1. The van der Waals surface area contributed by atoms with Crippen LogP contribution in [0.15, 0.2) is 48.5 Å². The van der Waals surface area contributed by atoms with Gasteiger partial charge in [0.25, 0.3) is 0 Å². The first kappa shape index (κ1) is 23.6. The van der Waals surface area contributed by atoms with E-state index in [1.807, 2.05) is 4.90 Å². The van der Waals surface area contributed by atoms with Crippen molar-refractivity contribution < 1.29 is 18.7 Å². The molecule has 1 unspecified atom stereocenters. The van der Waals surface area contributed by atoms with Crippen LogP contribution in [0.1, 0.15) is 50.5 Å². The first-order chi connectivity index (χ1) is 15.8. The topological polar surface area (TPSA) is 72.6 Å². The normalized spacial score (nSPS) is 22.2. The number of halogens is 2. The molecule has 2 amide bonds. The van der Waals surface area contributed by atoms with Crippen LogP contribution >= 0.6 is 11.6 Å². The van der Waals surface area contributed by atoms with Crippen LogP contribution in [0.2, 0.25) is 5.02 Å². The summed E-state index contributed by atoms with van der Waals surface area (Å²) in [6, 6.07) is 13.6. The molecule has 4 rings (SSSR count). The number of piperidine rings is 1. The lowest BCUT2D eigenvalue weighted by Crippen LogP contribution is -2.55. The zero-order valence-electron chi connectivity index (χ0n) is 18.7. The Morgan fingerprint density at radius 3 is 2.39 bits per heavy atom. The predicted molar refractivity (Wildman–Crippen MR) is 126 cm³/mol. The van der Waals surface area contributed by atoms with Crippen LogP contribution in [-0.4, -0.2) is 36.4 Å². The summed E-state index contributed by atoms with van der Waals surface area (Å²) in [6.45, 7) is 1.20. The maximum atomic E-state index is 14.8. The predicted octanol–water partition coefficient (Wildman–Crippen LogP) is 4.85. The number of ether oxygens (including phenoxy) is 1. The number of hydrogen-bond acceptors (Lipinski definition) is 3. The second kappa shape index (κ2) is 9.72. The zero-order valence-corrected chi connectivity index (χ0v) is 19.5. The standard InChI is InChI=1S/C26H30ClFN2O3/c27-19-8-10-20(11-9-19)33-18-25(16-23(29)31)12-5-15-30(17-25)24(32)26(13-3-4-14-26)21-6-1-2-7-22(21)28/h1-2,6-11H,3-5,12-18H2,(H2,29,31). The van der Waals surface area contributed by atoms with E-state index in [1.54, 1.807) is 42.5 Å². The third-order valence-electron chi connectivity index (χ3n) is 7.11. The fourth-order valence-electron chi connectivity index (χ4n) is 5.56. The van der Waals surface area contributed by atoms with Gasteiger partial charge >= 0.3 is 0 Å². The van der Waals surface area contributed by atoms with Gasteiger partial charge in [-0.05, 0) is 56.0 Å². The van der Waals surface area contributed by atoms with E-state index in [0.29, 0.717) is 42.3 Å². The minimum atomic E-state index is -0.849. The van der Waals surface area contributed by atoms with Crippen LogP contribution in [0.4, 0.5) is 4.39 Å². The van der Waals surface area contributed by atoms with Gasteiger partial charge in [-0.1, -0.05) is 42.6 Å². The van der Waals surface area contributed by atoms with E-state index in [2.05, 4.69) is 0 Å². The summed E-state index contributed by atoms with van der Waals surface area (Å²) in [5.74, 6) is -0.164. The third kappa shape index (κ3) is 5.01. The Labute approximate surface area is 199 Å². The highest BCUT2D eigenvalue weighted by Gasteiger charge is 2.49. The fraction of sp³-hybridized carbons (Fsp3) is 0.462. The largest absolute Gasteiger partial charge is 0.493 e. The highest BCUT2D eigenvalue weighted by Crippen LogP contribution is 2.45. The van der Waals surface area contributed by atoms with Crippen molar-refractivity contribution in [3.8, 4) is 5.75 Å². The van der Waals surface area contributed by atoms with Crippen molar-refractivity contribution in [3.63, 3.8) is 0 Å². The minimum Gasteiger partial charge on any atom is -0.493 e. The molecule has 2 aliphatic rings. The summed E-state index contributed by atoms with van der Waals surface area (Å²) in [5, 5.41) is 0.610. The zero-order chi connectivity index (χ0) is 23.5. The van der Waals surface area contributed by atoms with E-state index < -0.39 is 16.7 Å². The second-order valence-corrected chi connectivity index (χ2v) is 9.92. The lowest BCUT2D eigenvalue weighted by atomic mass is 9.74. The smallest absolute Gasteiger partial charge is 0.233 e. The van der Waals surface area contributed by atoms with Gasteiger partial charge in [0.15, 0.2) is 0 Å². The van der Waals surface area contributed by atoms with Crippen LogP contribution in [-0.2, 0) is 15.0 Å². The van der Waals surface area contributed by atoms with E-state index in [-0.39, 0.29) is 24.8 Å². The summed E-state index contributed by atoms with van der Waals surface area (Å²) in [4.78, 5) is 27.7. The molecular weight excluding hydrogens is 443 g/mol. The molecule has 1 atom stereocenters. The maximum absolute atomic E-state index is 14.8. The van der Waals surface area contributed by atoms with Gasteiger partial charge in [-0.3, -0.25) is 9.59 Å². The van der Waals surface area contributed by atoms with E-state index >= 15 is 0 Å². The minimum absolute atomic E-state index is 0.0508. The van der Waals surface area contributed by atoms with Crippen LogP contribution in [0.3, 0.4) is 0 Å². The van der Waals surface area contributed by atoms with Gasteiger partial charge < -0.3 is 15.4 Å². The third-order valence-corrected chi connectivity index (χ3v) is 7.36. The number of benzene rings is 2. The van der Waals surface area contributed by atoms with Gasteiger partial charge in [0.1, 0.15) is 11.6 Å². The maximum Gasteiger partial charge on any atom is 0.233 e. The van der Waals surface area contributed by atoms with Crippen LogP contribution < -0.4 is 10.5 Å². The summed E-state index contributed by atoms with van der Waals surface area (Å²) in [5.41, 5.74) is 4.66. The van der Waals surface area contributed by atoms with Crippen molar-refractivity contribution in [2.24, 2.45) is 11.1 Å². The molecule has 1 aliphatic carbocycles. The summed E-state index contributed by atoms with van der Waals surface area (Å²) in [6.07, 6.45) is 4.62. The molecule has 1 saturated heterocycles. The Morgan fingerprint density at radius 2 is 1.73 bits per heavy atom. The van der Waals surface area contributed by atoms with E-state index in [0.717, 1.165) is 25.7 Å². The molecule has 7 heteroatoms. The first-order valence-corrected chi connectivity index (χ1v) is 11.9. The lowest BCUT2D eigenvalue weighted by Gasteiger charge is -2.45. The molecule has 0 aromatic heterocycles. The molecule has 0 spiro atoms. The van der Waals surface area contributed by atoms with Gasteiger partial charge in [-0.15, -0.1) is 0 Å². The molecular formula is C26H30ClFN2O3. The van der Waals surface area contributed by atoms with E-state index in [1.165, 1.54) is 6.07 Å². The molecule has 1 aliphatic heterocycles. The molecule has 0 bridgehead atoms. The molecule has 2 fully saturated rings. The SMILES string of the molecule is NC(=O)CC1(COc2ccc(Cl)cc2)CCCN(C(=O)C2(c3ccccc3F)CCCC2)C1. The Bertz CT molecular complexity index is 1010. The van der Waals surface area contributed by atoms with Crippen molar-refractivity contribution in [2.45, 2.75) is 50.4 Å². The molecule has 176 valence electrons. The second-order valence-electron chi connectivity index (χ2n) is 9.49. The van der Waals surface area contributed by atoms with Gasteiger partial charge in [0, 0.05) is 35.5 Å². The van der Waals surface area contributed by atoms with Gasteiger partial charge in [-0.2, -0.15) is 0 Å². The quantitative estimate of drug-likeness (QED) is 0.625. The van der Waals surface area contributed by atoms with E-state index in [4.69, 9.17) is 22.1 Å². The van der Waals surface area contributed by atoms with Crippen molar-refractivity contribution in [1.29, 1.82) is 0 Å². The number of nitrogens with two attached hydrogens (primary N) is 1. The number of likely N-dealkylation sites (tertiary alicyclic amines) is 1. The van der Waals surface area contributed by atoms with Gasteiger partial charge in [-0.25, -0.2) is 4.39 Å². The fourth-order valence-corrected chi connectivity index (χ4v) is 5.69. The molecule has 2 aromatic carbocycles. The lowest BCUT2D eigenvalue weighted by molar-refractivity contribution is -0.143. The molecule has 33 heavy (non-hydrogen) atoms. The molecule has 2 N–H and O–H groups in total. The molecule has 0 radical (unpaired) electrons. The average Bonchev–Trinajstić information content (AvgIpc) is 3.29. The van der Waals surface area contributed by atoms with Crippen LogP contribution in [0, 0.1) is 11.2 Å². The monoisotopic (exact) mass is 472 g/mol. The average molecular weight is 473 g/mol. The van der Waals surface area contributed by atoms with Crippen LogP contribution in [0.25, 0.3) is 0 Å².